The summed E-state index contributed by atoms with van der Waals surface area (Å²) >= 11 is 0. The van der Waals surface area contributed by atoms with Gasteiger partial charge in [-0.2, -0.15) is 0 Å². The van der Waals surface area contributed by atoms with E-state index in [-0.39, 0.29) is 0 Å². The Morgan fingerprint density at radius 2 is 2.06 bits per heavy atom. The fourth-order valence-corrected chi connectivity index (χ4v) is 2.05. The normalized spacial score (nSPS) is 12.3. The zero-order chi connectivity index (χ0) is 12.8. The molecule has 1 heterocycles. The summed E-state index contributed by atoms with van der Waals surface area (Å²) in [4.78, 5) is 0. The van der Waals surface area contributed by atoms with Gasteiger partial charge in [0.1, 0.15) is 12.6 Å². The molecule has 0 saturated heterocycles. The van der Waals surface area contributed by atoms with Crippen LogP contribution in [0, 0.1) is 6.92 Å². The molecule has 2 rings (SSSR count). The molecule has 0 amide bonds. The zero-order valence-corrected chi connectivity index (χ0v) is 10.8. The molecule has 2 nitrogen and oxygen atoms in total. The molecule has 2 aromatic rings. The Morgan fingerprint density at radius 3 is 2.67 bits per heavy atom. The molecule has 0 aliphatic carbocycles. The Morgan fingerprint density at radius 1 is 1.28 bits per heavy atom. The lowest BCUT2D eigenvalue weighted by Crippen LogP contribution is -2.83. The van der Waals surface area contributed by atoms with Crippen LogP contribution in [0.2, 0.25) is 0 Å². The van der Waals surface area contributed by atoms with E-state index in [9.17, 15) is 0 Å². The SMILES string of the molecule is C=CC[C@H]([NH2+]Cc1ccco1)c1ccc(C)cc1. The highest BCUT2D eigenvalue weighted by Crippen LogP contribution is 2.14. The predicted octanol–water partition coefficient (Wildman–Crippen LogP) is 2.97. The van der Waals surface area contributed by atoms with Gasteiger partial charge in [0.05, 0.1) is 6.26 Å². The summed E-state index contributed by atoms with van der Waals surface area (Å²) in [6.07, 6.45) is 4.66. The maximum absolute atomic E-state index is 5.36. The molecule has 1 atom stereocenters. The third-order valence-corrected chi connectivity index (χ3v) is 3.11. The van der Waals surface area contributed by atoms with Crippen LogP contribution in [0.5, 0.6) is 0 Å². The third kappa shape index (κ3) is 3.34. The van der Waals surface area contributed by atoms with Crippen molar-refractivity contribution in [1.82, 2.24) is 0 Å². The van der Waals surface area contributed by atoms with E-state index >= 15 is 0 Å². The van der Waals surface area contributed by atoms with Crippen LogP contribution in [-0.4, -0.2) is 0 Å². The monoisotopic (exact) mass is 242 g/mol. The van der Waals surface area contributed by atoms with Gasteiger partial charge in [-0.15, -0.1) is 6.58 Å². The lowest BCUT2D eigenvalue weighted by atomic mass is 10.0. The molecule has 0 fully saturated rings. The Hall–Kier alpha value is -1.80. The molecule has 18 heavy (non-hydrogen) atoms. The maximum Gasteiger partial charge on any atom is 0.157 e. The van der Waals surface area contributed by atoms with Gasteiger partial charge in [-0.05, 0) is 19.1 Å². The van der Waals surface area contributed by atoms with Crippen LogP contribution >= 0.6 is 0 Å². The molecule has 1 aromatic heterocycles. The first kappa shape index (κ1) is 12.7. The summed E-state index contributed by atoms with van der Waals surface area (Å²) in [6, 6.07) is 13.1. The first-order chi connectivity index (χ1) is 8.79. The van der Waals surface area contributed by atoms with Crippen LogP contribution in [0.25, 0.3) is 0 Å². The minimum atomic E-state index is 0.410. The fraction of sp³-hybridized carbons (Fsp3) is 0.250. The second-order valence-corrected chi connectivity index (χ2v) is 4.56. The maximum atomic E-state index is 5.36. The van der Waals surface area contributed by atoms with Crippen molar-refractivity contribution in [2.45, 2.75) is 25.9 Å². The Kier molecular flexibility index (Phi) is 4.37. The molecular formula is C16H20NO+. The molecule has 2 heteroatoms. The summed E-state index contributed by atoms with van der Waals surface area (Å²) in [5.74, 6) is 1.01. The number of nitrogens with two attached hydrogens (primary N) is 1. The molecule has 0 bridgehead atoms. The van der Waals surface area contributed by atoms with Crippen molar-refractivity contribution in [1.29, 1.82) is 0 Å². The largest absolute Gasteiger partial charge is 0.463 e. The van der Waals surface area contributed by atoms with Gasteiger partial charge < -0.3 is 9.73 Å². The fourth-order valence-electron chi connectivity index (χ4n) is 2.05. The van der Waals surface area contributed by atoms with E-state index < -0.39 is 0 Å². The molecule has 0 radical (unpaired) electrons. The van der Waals surface area contributed by atoms with Gasteiger partial charge in [0.2, 0.25) is 0 Å². The lowest BCUT2D eigenvalue weighted by molar-refractivity contribution is -0.712. The van der Waals surface area contributed by atoms with Crippen LogP contribution in [0.3, 0.4) is 0 Å². The first-order valence-corrected chi connectivity index (χ1v) is 6.33. The summed E-state index contributed by atoms with van der Waals surface area (Å²) in [6.45, 7) is 6.82. The third-order valence-electron chi connectivity index (χ3n) is 3.11. The number of rotatable bonds is 6. The van der Waals surface area contributed by atoms with E-state index in [2.05, 4.69) is 43.1 Å². The number of hydrogen-bond donors (Lipinski definition) is 1. The van der Waals surface area contributed by atoms with Crippen LogP contribution in [0.15, 0.2) is 59.7 Å². The molecule has 1 aromatic carbocycles. The van der Waals surface area contributed by atoms with E-state index in [4.69, 9.17) is 4.42 Å². The highest BCUT2D eigenvalue weighted by molar-refractivity contribution is 5.23. The average molecular weight is 242 g/mol. The number of aryl methyl sites for hydroxylation is 1. The highest BCUT2D eigenvalue weighted by atomic mass is 16.3. The van der Waals surface area contributed by atoms with Crippen LogP contribution in [-0.2, 0) is 6.54 Å². The number of quaternary nitrogens is 1. The van der Waals surface area contributed by atoms with Crippen molar-refractivity contribution in [2.24, 2.45) is 0 Å². The van der Waals surface area contributed by atoms with Crippen molar-refractivity contribution < 1.29 is 9.73 Å². The van der Waals surface area contributed by atoms with Gasteiger partial charge in [0.25, 0.3) is 0 Å². The minimum Gasteiger partial charge on any atom is -0.463 e. The summed E-state index contributed by atoms with van der Waals surface area (Å²) < 4.78 is 5.36. The van der Waals surface area contributed by atoms with Crippen LogP contribution in [0.1, 0.15) is 29.3 Å². The van der Waals surface area contributed by atoms with Crippen LogP contribution < -0.4 is 5.32 Å². The average Bonchev–Trinajstić information content (AvgIpc) is 2.89. The van der Waals surface area contributed by atoms with Gasteiger partial charge in [-0.3, -0.25) is 0 Å². The topological polar surface area (TPSA) is 29.8 Å². The molecule has 0 saturated carbocycles. The Labute approximate surface area is 108 Å². The Bertz CT molecular complexity index is 470. The van der Waals surface area contributed by atoms with Gasteiger partial charge in [0, 0.05) is 12.0 Å². The van der Waals surface area contributed by atoms with Crippen molar-refractivity contribution in [2.75, 3.05) is 0 Å². The molecule has 2 N–H and O–H groups in total. The number of hydrogen-bond acceptors (Lipinski definition) is 1. The zero-order valence-electron chi connectivity index (χ0n) is 10.8. The number of benzene rings is 1. The molecule has 94 valence electrons. The Balaban J connectivity index is 2.03. The smallest absolute Gasteiger partial charge is 0.157 e. The van der Waals surface area contributed by atoms with E-state index in [1.165, 1.54) is 11.1 Å². The quantitative estimate of drug-likeness (QED) is 0.775. The predicted molar refractivity (Wildman–Crippen MR) is 73.1 cm³/mol. The van der Waals surface area contributed by atoms with Gasteiger partial charge in [0.15, 0.2) is 5.76 Å². The second kappa shape index (κ2) is 6.22. The van der Waals surface area contributed by atoms with Crippen molar-refractivity contribution in [3.63, 3.8) is 0 Å². The molecule has 0 aliphatic heterocycles. The molecule has 0 aliphatic rings. The summed E-state index contributed by atoms with van der Waals surface area (Å²) in [5, 5.41) is 2.30. The molecular weight excluding hydrogens is 222 g/mol. The number of furan rings is 1. The summed E-state index contributed by atoms with van der Waals surface area (Å²) in [5.41, 5.74) is 2.63. The van der Waals surface area contributed by atoms with Gasteiger partial charge in [-0.1, -0.05) is 35.9 Å². The van der Waals surface area contributed by atoms with E-state index in [1.807, 2.05) is 18.2 Å². The molecule has 0 unspecified atom stereocenters. The standard InChI is InChI=1S/C16H19NO/c1-3-5-16(14-9-7-13(2)8-10-14)17-12-15-6-4-11-18-15/h3-4,6-11,16-17H,1,5,12H2,2H3/p+1/t16-/m0/s1. The van der Waals surface area contributed by atoms with Crippen molar-refractivity contribution in [3.8, 4) is 0 Å². The molecule has 0 spiro atoms. The van der Waals surface area contributed by atoms with Crippen LogP contribution in [0.4, 0.5) is 0 Å². The van der Waals surface area contributed by atoms with Gasteiger partial charge >= 0.3 is 0 Å². The van der Waals surface area contributed by atoms with E-state index in [0.717, 1.165) is 18.7 Å². The van der Waals surface area contributed by atoms with E-state index in [0.29, 0.717) is 6.04 Å². The van der Waals surface area contributed by atoms with Crippen molar-refractivity contribution >= 4 is 0 Å². The second-order valence-electron chi connectivity index (χ2n) is 4.56. The van der Waals surface area contributed by atoms with Crippen molar-refractivity contribution in [3.05, 3.63) is 72.2 Å². The van der Waals surface area contributed by atoms with E-state index in [1.54, 1.807) is 6.26 Å². The highest BCUT2D eigenvalue weighted by Gasteiger charge is 2.13. The minimum absolute atomic E-state index is 0.410. The summed E-state index contributed by atoms with van der Waals surface area (Å²) in [7, 11) is 0. The van der Waals surface area contributed by atoms with Gasteiger partial charge in [-0.25, -0.2) is 0 Å². The lowest BCUT2D eigenvalue weighted by Gasteiger charge is -2.14. The first-order valence-electron chi connectivity index (χ1n) is 6.33.